The van der Waals surface area contributed by atoms with Crippen molar-refractivity contribution in [3.05, 3.63) is 22.8 Å². The van der Waals surface area contributed by atoms with E-state index in [2.05, 4.69) is 26.8 Å². The molecule has 0 aromatic carbocycles. The topological polar surface area (TPSA) is 17.1 Å². The van der Waals surface area contributed by atoms with Gasteiger partial charge in [-0.15, -0.1) is 0 Å². The van der Waals surface area contributed by atoms with Crippen molar-refractivity contribution < 1.29 is 4.79 Å². The van der Waals surface area contributed by atoms with Crippen LogP contribution in [-0.4, -0.2) is 6.29 Å². The fraction of sp³-hybridized carbons (Fsp3) is 0.667. The third-order valence-corrected chi connectivity index (χ3v) is 4.39. The van der Waals surface area contributed by atoms with Crippen molar-refractivity contribution in [1.82, 2.24) is 0 Å². The van der Waals surface area contributed by atoms with Crippen molar-refractivity contribution in [3.8, 4) is 0 Å². The molecule has 0 aromatic heterocycles. The van der Waals surface area contributed by atoms with E-state index in [0.717, 1.165) is 31.1 Å². The number of hydrogen-bond acceptors (Lipinski definition) is 1. The highest BCUT2D eigenvalue weighted by Gasteiger charge is 2.37. The van der Waals surface area contributed by atoms with Gasteiger partial charge in [-0.1, -0.05) is 38.0 Å². The molecular formula is C15H22O. The smallest absolute Gasteiger partial charge is 0.145 e. The highest BCUT2D eigenvalue weighted by molar-refractivity contribution is 5.73. The van der Waals surface area contributed by atoms with E-state index in [1.165, 1.54) is 12.8 Å². The van der Waals surface area contributed by atoms with Crippen molar-refractivity contribution in [2.75, 3.05) is 0 Å². The van der Waals surface area contributed by atoms with Crippen LogP contribution in [0, 0.1) is 11.3 Å². The van der Waals surface area contributed by atoms with Crippen LogP contribution in [0.5, 0.6) is 0 Å². The molecule has 16 heavy (non-hydrogen) atoms. The van der Waals surface area contributed by atoms with Gasteiger partial charge < -0.3 is 0 Å². The lowest BCUT2D eigenvalue weighted by Gasteiger charge is -2.26. The molecule has 0 aromatic rings. The molecule has 0 spiro atoms. The molecule has 0 saturated heterocycles. The Balaban J connectivity index is 2.32. The first-order valence-electron chi connectivity index (χ1n) is 6.43. The zero-order valence-corrected chi connectivity index (χ0v) is 10.7. The summed E-state index contributed by atoms with van der Waals surface area (Å²) >= 11 is 0. The van der Waals surface area contributed by atoms with E-state index >= 15 is 0 Å². The molecule has 1 atom stereocenters. The van der Waals surface area contributed by atoms with Crippen molar-refractivity contribution in [1.29, 1.82) is 0 Å². The van der Waals surface area contributed by atoms with Crippen LogP contribution >= 0.6 is 0 Å². The Kier molecular flexibility index (Phi) is 3.05. The second-order valence-corrected chi connectivity index (χ2v) is 5.82. The predicted octanol–water partition coefficient (Wildman–Crippen LogP) is 4.05. The number of carbonyl (C=O) groups excluding carboxylic acids is 1. The average Bonchev–Trinajstić information content (AvgIpc) is 2.48. The molecule has 2 aliphatic rings. The van der Waals surface area contributed by atoms with Crippen molar-refractivity contribution in [2.24, 2.45) is 11.3 Å². The molecule has 0 N–H and O–H groups in total. The zero-order valence-electron chi connectivity index (χ0n) is 10.7. The zero-order chi connectivity index (χ0) is 11.8. The quantitative estimate of drug-likeness (QED) is 0.505. The van der Waals surface area contributed by atoms with E-state index in [9.17, 15) is 4.79 Å². The molecule has 0 aliphatic heterocycles. The number of allylic oxidation sites excluding steroid dienone is 4. The van der Waals surface area contributed by atoms with E-state index in [0.29, 0.717) is 11.3 Å². The molecule has 1 unspecified atom stereocenters. The fourth-order valence-electron chi connectivity index (χ4n) is 3.26. The van der Waals surface area contributed by atoms with Gasteiger partial charge in [0.15, 0.2) is 0 Å². The summed E-state index contributed by atoms with van der Waals surface area (Å²) in [5, 5.41) is 0. The van der Waals surface area contributed by atoms with Gasteiger partial charge in [0, 0.05) is 0 Å². The van der Waals surface area contributed by atoms with Gasteiger partial charge in [-0.05, 0) is 49.0 Å². The van der Waals surface area contributed by atoms with Gasteiger partial charge in [0.25, 0.3) is 0 Å². The molecule has 0 amide bonds. The number of carbonyl (C=O) groups is 1. The minimum atomic E-state index is 0.352. The van der Waals surface area contributed by atoms with Crippen molar-refractivity contribution in [3.63, 3.8) is 0 Å². The standard InChI is InChI=1S/C15H22O/c1-11(2)13-7-9-15(3)8-6-12(10-16)4-5-14(13)15/h6,10-11H,4-5,7-9H2,1-3H3. The summed E-state index contributed by atoms with van der Waals surface area (Å²) in [6.07, 6.45) is 8.88. The molecule has 2 rings (SSSR count). The first-order valence-corrected chi connectivity index (χ1v) is 6.43. The van der Waals surface area contributed by atoms with E-state index in [1.54, 1.807) is 11.1 Å². The van der Waals surface area contributed by atoms with Gasteiger partial charge in [-0.2, -0.15) is 0 Å². The molecule has 2 aliphatic carbocycles. The van der Waals surface area contributed by atoms with Gasteiger partial charge in [-0.25, -0.2) is 0 Å². The lowest BCUT2D eigenvalue weighted by molar-refractivity contribution is -0.105. The van der Waals surface area contributed by atoms with Gasteiger partial charge in [0.2, 0.25) is 0 Å². The van der Waals surface area contributed by atoms with Crippen LogP contribution in [0.15, 0.2) is 22.8 Å². The van der Waals surface area contributed by atoms with Gasteiger partial charge in [-0.3, -0.25) is 4.79 Å². The Morgan fingerprint density at radius 1 is 1.31 bits per heavy atom. The molecule has 88 valence electrons. The van der Waals surface area contributed by atoms with Crippen LogP contribution in [0.3, 0.4) is 0 Å². The van der Waals surface area contributed by atoms with Crippen LogP contribution in [0.2, 0.25) is 0 Å². The van der Waals surface area contributed by atoms with Crippen LogP contribution in [0.25, 0.3) is 0 Å². The van der Waals surface area contributed by atoms with Gasteiger partial charge in [0.05, 0.1) is 0 Å². The maximum Gasteiger partial charge on any atom is 0.145 e. The van der Waals surface area contributed by atoms with Crippen molar-refractivity contribution >= 4 is 6.29 Å². The molecule has 0 radical (unpaired) electrons. The van der Waals surface area contributed by atoms with E-state index < -0.39 is 0 Å². The third-order valence-electron chi connectivity index (χ3n) is 4.39. The summed E-state index contributed by atoms with van der Waals surface area (Å²) in [5.74, 6) is 0.676. The molecule has 0 fully saturated rings. The molecule has 1 nitrogen and oxygen atoms in total. The highest BCUT2D eigenvalue weighted by Crippen LogP contribution is 2.51. The second-order valence-electron chi connectivity index (χ2n) is 5.82. The molecule has 0 heterocycles. The summed E-state index contributed by atoms with van der Waals surface area (Å²) < 4.78 is 0. The Morgan fingerprint density at radius 3 is 2.69 bits per heavy atom. The van der Waals surface area contributed by atoms with Crippen LogP contribution < -0.4 is 0 Å². The lowest BCUT2D eigenvalue weighted by Crippen LogP contribution is -2.14. The monoisotopic (exact) mass is 218 g/mol. The first-order chi connectivity index (χ1) is 7.57. The summed E-state index contributed by atoms with van der Waals surface area (Å²) in [6.45, 7) is 6.97. The fourth-order valence-corrected chi connectivity index (χ4v) is 3.26. The minimum absolute atomic E-state index is 0.352. The summed E-state index contributed by atoms with van der Waals surface area (Å²) in [5.41, 5.74) is 4.69. The number of hydrogen-bond donors (Lipinski definition) is 0. The average molecular weight is 218 g/mol. The summed E-state index contributed by atoms with van der Waals surface area (Å²) in [4.78, 5) is 10.9. The van der Waals surface area contributed by atoms with Crippen molar-refractivity contribution in [2.45, 2.75) is 52.9 Å². The highest BCUT2D eigenvalue weighted by atomic mass is 16.1. The lowest BCUT2D eigenvalue weighted by atomic mass is 9.79. The SMILES string of the molecule is CC(C)C1=C2CCC(C=O)=CCC2(C)CC1. The molecule has 0 bridgehead atoms. The van der Waals surface area contributed by atoms with E-state index in [-0.39, 0.29) is 0 Å². The maximum absolute atomic E-state index is 10.9. The van der Waals surface area contributed by atoms with Crippen LogP contribution in [0.4, 0.5) is 0 Å². The largest absolute Gasteiger partial charge is 0.298 e. The number of fused-ring (bicyclic) bond motifs is 1. The summed E-state index contributed by atoms with van der Waals surface area (Å²) in [7, 11) is 0. The summed E-state index contributed by atoms with van der Waals surface area (Å²) in [6, 6.07) is 0. The van der Waals surface area contributed by atoms with E-state index in [4.69, 9.17) is 0 Å². The molecule has 0 saturated carbocycles. The third kappa shape index (κ3) is 1.88. The Labute approximate surface area is 98.6 Å². The predicted molar refractivity (Wildman–Crippen MR) is 67.2 cm³/mol. The number of aldehydes is 1. The van der Waals surface area contributed by atoms with Crippen LogP contribution in [0.1, 0.15) is 52.9 Å². The minimum Gasteiger partial charge on any atom is -0.298 e. The Hall–Kier alpha value is -0.850. The normalized spacial score (nSPS) is 30.1. The van der Waals surface area contributed by atoms with Gasteiger partial charge in [0.1, 0.15) is 6.29 Å². The van der Waals surface area contributed by atoms with Gasteiger partial charge >= 0.3 is 0 Å². The molecule has 1 heteroatoms. The Bertz CT molecular complexity index is 360. The maximum atomic E-state index is 10.9. The van der Waals surface area contributed by atoms with E-state index in [1.807, 2.05) is 0 Å². The first kappa shape index (κ1) is 11.6. The van der Waals surface area contributed by atoms with Crippen LogP contribution in [-0.2, 0) is 4.79 Å². The Morgan fingerprint density at radius 2 is 2.06 bits per heavy atom. The molecular weight excluding hydrogens is 196 g/mol. The number of rotatable bonds is 2. The second kappa shape index (κ2) is 4.20.